The Morgan fingerprint density at radius 3 is 2.09 bits per heavy atom. The summed E-state index contributed by atoms with van der Waals surface area (Å²) in [5.74, 6) is 2.39. The topological polar surface area (TPSA) is 50.2 Å². The molecule has 1 unspecified atom stereocenters. The fourth-order valence-corrected chi connectivity index (χ4v) is 1.90. The van der Waals surface area contributed by atoms with Gasteiger partial charge in [0.1, 0.15) is 11.5 Å². The normalized spacial score (nSPS) is 13.0. The lowest BCUT2D eigenvalue weighted by atomic mass is 9.96. The Morgan fingerprint density at radius 1 is 1.18 bits per heavy atom. The van der Waals surface area contributed by atoms with Crippen molar-refractivity contribution in [1.82, 2.24) is 9.97 Å². The van der Waals surface area contributed by atoms with Crippen LogP contribution < -0.4 is 5.32 Å². The largest absolute Gasteiger partial charge is 0.372 e. The van der Waals surface area contributed by atoms with E-state index in [1.54, 1.807) is 6.20 Å². The third-order valence-electron chi connectivity index (χ3n) is 3.17. The van der Waals surface area contributed by atoms with Gasteiger partial charge in [-0.3, -0.25) is 4.99 Å². The van der Waals surface area contributed by atoms with Gasteiger partial charge in [-0.05, 0) is 18.3 Å². The summed E-state index contributed by atoms with van der Waals surface area (Å²) < 4.78 is 0. The summed E-state index contributed by atoms with van der Waals surface area (Å²) in [7, 11) is 3.69. The molecule has 126 valence electrons. The van der Waals surface area contributed by atoms with Crippen molar-refractivity contribution in [2.75, 3.05) is 19.4 Å². The first-order chi connectivity index (χ1) is 10.3. The van der Waals surface area contributed by atoms with Crippen LogP contribution in [0.3, 0.4) is 0 Å². The molecule has 4 nitrogen and oxygen atoms in total. The second-order valence-corrected chi connectivity index (χ2v) is 6.54. The molecule has 0 saturated heterocycles. The highest BCUT2D eigenvalue weighted by Crippen LogP contribution is 2.23. The maximum atomic E-state index is 4.66. The molecule has 0 saturated carbocycles. The van der Waals surface area contributed by atoms with E-state index in [1.807, 2.05) is 14.1 Å². The number of nitrogens with zero attached hydrogens (tertiary/aromatic N) is 3. The molecule has 0 bridgehead atoms. The monoisotopic (exact) mass is 306 g/mol. The third-order valence-corrected chi connectivity index (χ3v) is 3.17. The average molecular weight is 306 g/mol. The minimum atomic E-state index is 0.354. The molecule has 0 amide bonds. The summed E-state index contributed by atoms with van der Waals surface area (Å²) in [6, 6.07) is 0. The van der Waals surface area contributed by atoms with Gasteiger partial charge in [0.15, 0.2) is 0 Å². The van der Waals surface area contributed by atoms with E-state index >= 15 is 0 Å². The molecule has 4 heteroatoms. The Balaban J connectivity index is 0.000000980. The molecule has 0 aliphatic heterocycles. The minimum absolute atomic E-state index is 0.354. The lowest BCUT2D eigenvalue weighted by Gasteiger charge is -2.17. The summed E-state index contributed by atoms with van der Waals surface area (Å²) in [5.41, 5.74) is 3.01. The maximum Gasteiger partial charge on any atom is 0.144 e. The number of rotatable bonds is 5. The molecule has 0 spiro atoms. The van der Waals surface area contributed by atoms with Crippen molar-refractivity contribution in [2.24, 2.45) is 16.8 Å². The lowest BCUT2D eigenvalue weighted by Crippen LogP contribution is -2.17. The van der Waals surface area contributed by atoms with Gasteiger partial charge in [-0.15, -0.1) is 0 Å². The highest BCUT2D eigenvalue weighted by molar-refractivity contribution is 6.01. The molecule has 0 aliphatic rings. The van der Waals surface area contributed by atoms with Crippen LogP contribution in [0.4, 0.5) is 5.82 Å². The van der Waals surface area contributed by atoms with Gasteiger partial charge in [-0.1, -0.05) is 48.5 Å². The zero-order chi connectivity index (χ0) is 17.3. The second-order valence-electron chi connectivity index (χ2n) is 6.54. The van der Waals surface area contributed by atoms with Crippen LogP contribution in [0.25, 0.3) is 0 Å². The zero-order valence-corrected chi connectivity index (χ0v) is 15.9. The standard InChI is InChI=1S/C14H24N4.C4H10/c1-7-10(4)13-14(12(16-6)9(2)3)17-8-11(15-5)18-13;1-4(2)3/h8-10H,7H2,1-6H3,(H,15,18);4H,1-3H3. The zero-order valence-electron chi connectivity index (χ0n) is 15.9. The van der Waals surface area contributed by atoms with Gasteiger partial charge >= 0.3 is 0 Å². The summed E-state index contributed by atoms with van der Waals surface area (Å²) in [5, 5.41) is 3.05. The van der Waals surface area contributed by atoms with Gasteiger partial charge in [0, 0.05) is 20.0 Å². The molecule has 1 N–H and O–H groups in total. The van der Waals surface area contributed by atoms with Crippen molar-refractivity contribution in [1.29, 1.82) is 0 Å². The molecule has 0 aliphatic carbocycles. The van der Waals surface area contributed by atoms with Gasteiger partial charge in [0.25, 0.3) is 0 Å². The van der Waals surface area contributed by atoms with E-state index in [2.05, 4.69) is 68.7 Å². The van der Waals surface area contributed by atoms with Crippen molar-refractivity contribution in [3.63, 3.8) is 0 Å². The van der Waals surface area contributed by atoms with E-state index in [0.29, 0.717) is 11.8 Å². The van der Waals surface area contributed by atoms with Crippen LogP contribution in [0, 0.1) is 11.8 Å². The van der Waals surface area contributed by atoms with Crippen LogP contribution in [-0.2, 0) is 0 Å². The van der Waals surface area contributed by atoms with Crippen molar-refractivity contribution >= 4 is 11.5 Å². The fraction of sp³-hybridized carbons (Fsp3) is 0.722. The van der Waals surface area contributed by atoms with Crippen molar-refractivity contribution < 1.29 is 0 Å². The highest BCUT2D eigenvalue weighted by atomic mass is 15.0. The molecule has 22 heavy (non-hydrogen) atoms. The Bertz CT molecular complexity index is 461. The quantitative estimate of drug-likeness (QED) is 0.797. The van der Waals surface area contributed by atoms with E-state index in [9.17, 15) is 0 Å². The Labute approximate surface area is 136 Å². The Morgan fingerprint density at radius 2 is 1.73 bits per heavy atom. The van der Waals surface area contributed by atoms with E-state index in [1.165, 1.54) is 0 Å². The molecular formula is C18H34N4. The maximum absolute atomic E-state index is 4.66. The van der Waals surface area contributed by atoms with Gasteiger partial charge in [0.2, 0.25) is 0 Å². The number of aliphatic imine (C=N–C) groups is 1. The Kier molecular flexibility index (Phi) is 9.63. The average Bonchev–Trinajstić information content (AvgIpc) is 2.46. The van der Waals surface area contributed by atoms with Crippen LogP contribution >= 0.6 is 0 Å². The molecule has 0 fully saturated rings. The van der Waals surface area contributed by atoms with E-state index < -0.39 is 0 Å². The van der Waals surface area contributed by atoms with Gasteiger partial charge < -0.3 is 5.32 Å². The van der Waals surface area contributed by atoms with Gasteiger partial charge in [-0.25, -0.2) is 9.97 Å². The molecule has 1 heterocycles. The van der Waals surface area contributed by atoms with Crippen LogP contribution in [0.1, 0.15) is 72.2 Å². The Hall–Kier alpha value is -1.45. The molecule has 1 aromatic rings. The first kappa shape index (κ1) is 20.6. The minimum Gasteiger partial charge on any atom is -0.372 e. The summed E-state index contributed by atoms with van der Waals surface area (Å²) >= 11 is 0. The smallest absolute Gasteiger partial charge is 0.144 e. The highest BCUT2D eigenvalue weighted by Gasteiger charge is 2.19. The molecular weight excluding hydrogens is 272 g/mol. The van der Waals surface area contributed by atoms with Crippen LogP contribution in [-0.4, -0.2) is 29.8 Å². The predicted octanol–water partition coefficient (Wildman–Crippen LogP) is 4.77. The SMILES string of the molecule is CC(C)C.CCC(C)c1nc(NC)cnc1C(=NC)C(C)C. The van der Waals surface area contributed by atoms with Crippen LogP contribution in [0.2, 0.25) is 0 Å². The summed E-state index contributed by atoms with van der Waals surface area (Å²) in [4.78, 5) is 13.6. The number of aromatic nitrogens is 2. The van der Waals surface area contributed by atoms with E-state index in [0.717, 1.165) is 35.3 Å². The van der Waals surface area contributed by atoms with Crippen molar-refractivity contribution in [3.05, 3.63) is 17.6 Å². The molecule has 1 atom stereocenters. The molecule has 1 rings (SSSR count). The van der Waals surface area contributed by atoms with E-state index in [-0.39, 0.29) is 0 Å². The first-order valence-corrected chi connectivity index (χ1v) is 8.30. The summed E-state index contributed by atoms with van der Waals surface area (Å²) in [6.07, 6.45) is 2.82. The third kappa shape index (κ3) is 6.54. The fourth-order valence-electron chi connectivity index (χ4n) is 1.90. The van der Waals surface area contributed by atoms with Gasteiger partial charge in [0.05, 0.1) is 17.6 Å². The first-order valence-electron chi connectivity index (χ1n) is 8.30. The van der Waals surface area contributed by atoms with Gasteiger partial charge in [-0.2, -0.15) is 0 Å². The predicted molar refractivity (Wildman–Crippen MR) is 98.1 cm³/mol. The number of hydrogen-bond acceptors (Lipinski definition) is 4. The molecule has 1 aromatic heterocycles. The van der Waals surface area contributed by atoms with Crippen molar-refractivity contribution in [2.45, 2.75) is 60.8 Å². The van der Waals surface area contributed by atoms with Crippen LogP contribution in [0.15, 0.2) is 11.2 Å². The number of nitrogens with one attached hydrogen (secondary N) is 1. The number of anilines is 1. The number of hydrogen-bond donors (Lipinski definition) is 1. The van der Waals surface area contributed by atoms with E-state index in [4.69, 9.17) is 0 Å². The summed E-state index contributed by atoms with van der Waals surface area (Å²) in [6.45, 7) is 15.1. The van der Waals surface area contributed by atoms with Crippen molar-refractivity contribution in [3.8, 4) is 0 Å². The molecule has 0 radical (unpaired) electrons. The lowest BCUT2D eigenvalue weighted by molar-refractivity contribution is 0.698. The second kappa shape index (κ2) is 10.3. The molecule has 0 aromatic carbocycles. The van der Waals surface area contributed by atoms with Crippen LogP contribution in [0.5, 0.6) is 0 Å².